The van der Waals surface area contributed by atoms with Crippen molar-refractivity contribution in [3.05, 3.63) is 21.3 Å². The standard InChI is InChI=1S/C16H19F3INO3/c1-2-23-15(22)11(5-9-3-4-9)10-6-12(20)14(21)13(7-10)24-8-16(17,18)19/h6-7,9,11H,2-5,8,21H2,1H3. The molecule has 1 aliphatic rings. The van der Waals surface area contributed by atoms with Gasteiger partial charge in [0, 0.05) is 3.57 Å². The fraction of sp³-hybridized carbons (Fsp3) is 0.562. The maximum atomic E-state index is 12.4. The van der Waals surface area contributed by atoms with Crippen LogP contribution in [0, 0.1) is 9.49 Å². The monoisotopic (exact) mass is 457 g/mol. The molecule has 0 spiro atoms. The van der Waals surface area contributed by atoms with Gasteiger partial charge in [-0.1, -0.05) is 12.8 Å². The van der Waals surface area contributed by atoms with E-state index >= 15 is 0 Å². The van der Waals surface area contributed by atoms with E-state index in [9.17, 15) is 18.0 Å². The van der Waals surface area contributed by atoms with E-state index in [1.807, 2.05) is 22.6 Å². The molecule has 8 heteroatoms. The van der Waals surface area contributed by atoms with Gasteiger partial charge in [-0.15, -0.1) is 0 Å². The minimum atomic E-state index is -4.46. The molecular formula is C16H19F3INO3. The number of carbonyl (C=O) groups is 1. The van der Waals surface area contributed by atoms with E-state index in [0.29, 0.717) is 21.5 Å². The summed E-state index contributed by atoms with van der Waals surface area (Å²) in [6, 6.07) is 3.13. The molecule has 134 valence electrons. The van der Waals surface area contributed by atoms with Gasteiger partial charge in [-0.05, 0) is 59.5 Å². The number of alkyl halides is 3. The molecule has 4 nitrogen and oxygen atoms in total. The number of benzene rings is 1. The highest BCUT2D eigenvalue weighted by Crippen LogP contribution is 2.41. The predicted molar refractivity (Wildman–Crippen MR) is 91.8 cm³/mol. The molecule has 2 rings (SSSR count). The van der Waals surface area contributed by atoms with Crippen LogP contribution in [-0.2, 0) is 9.53 Å². The van der Waals surface area contributed by atoms with Gasteiger partial charge in [0.15, 0.2) is 6.61 Å². The summed E-state index contributed by atoms with van der Waals surface area (Å²) in [6.07, 6.45) is -1.72. The molecular weight excluding hydrogens is 438 g/mol. The van der Waals surface area contributed by atoms with Crippen LogP contribution in [0.2, 0.25) is 0 Å². The molecule has 0 aliphatic heterocycles. The maximum Gasteiger partial charge on any atom is 0.422 e. The van der Waals surface area contributed by atoms with Crippen molar-refractivity contribution in [2.24, 2.45) is 5.92 Å². The summed E-state index contributed by atoms with van der Waals surface area (Å²) >= 11 is 1.93. The number of nitrogens with two attached hydrogens (primary N) is 1. The first-order chi connectivity index (χ1) is 11.2. The minimum Gasteiger partial charge on any atom is -0.482 e. The Morgan fingerprint density at radius 1 is 1.42 bits per heavy atom. The van der Waals surface area contributed by atoms with Crippen molar-refractivity contribution in [1.82, 2.24) is 0 Å². The molecule has 1 unspecified atom stereocenters. The van der Waals surface area contributed by atoms with Crippen LogP contribution in [0.5, 0.6) is 5.75 Å². The van der Waals surface area contributed by atoms with Crippen molar-refractivity contribution in [2.75, 3.05) is 18.9 Å². The van der Waals surface area contributed by atoms with Crippen molar-refractivity contribution in [2.45, 2.75) is 38.3 Å². The fourth-order valence-electron chi connectivity index (χ4n) is 2.39. The molecule has 1 aromatic carbocycles. The second-order valence-electron chi connectivity index (χ2n) is 5.80. The van der Waals surface area contributed by atoms with Gasteiger partial charge in [-0.3, -0.25) is 4.79 Å². The Bertz CT molecular complexity index is 603. The molecule has 0 amide bonds. The Morgan fingerprint density at radius 2 is 2.08 bits per heavy atom. The first-order valence-corrected chi connectivity index (χ1v) is 8.74. The third-order valence-corrected chi connectivity index (χ3v) is 4.64. The van der Waals surface area contributed by atoms with E-state index in [1.165, 1.54) is 6.07 Å². The molecule has 1 saturated carbocycles. The summed E-state index contributed by atoms with van der Waals surface area (Å²) in [5.41, 5.74) is 6.53. The number of hydrogen-bond acceptors (Lipinski definition) is 4. The van der Waals surface area contributed by atoms with Crippen molar-refractivity contribution < 1.29 is 27.4 Å². The highest BCUT2D eigenvalue weighted by atomic mass is 127. The highest BCUT2D eigenvalue weighted by molar-refractivity contribution is 14.1. The van der Waals surface area contributed by atoms with Crippen LogP contribution in [0.3, 0.4) is 0 Å². The van der Waals surface area contributed by atoms with Gasteiger partial charge in [0.1, 0.15) is 5.75 Å². The summed E-state index contributed by atoms with van der Waals surface area (Å²) in [7, 11) is 0. The van der Waals surface area contributed by atoms with Gasteiger partial charge in [0.25, 0.3) is 0 Å². The zero-order chi connectivity index (χ0) is 17.9. The van der Waals surface area contributed by atoms with Crippen molar-refractivity contribution >= 4 is 34.2 Å². The molecule has 0 saturated heterocycles. The molecule has 1 fully saturated rings. The molecule has 2 N–H and O–H groups in total. The topological polar surface area (TPSA) is 61.5 Å². The lowest BCUT2D eigenvalue weighted by Crippen LogP contribution is -2.21. The van der Waals surface area contributed by atoms with E-state index in [0.717, 1.165) is 12.8 Å². The van der Waals surface area contributed by atoms with Crippen molar-refractivity contribution in [3.8, 4) is 5.75 Å². The van der Waals surface area contributed by atoms with E-state index < -0.39 is 18.7 Å². The normalized spacial score (nSPS) is 15.9. The van der Waals surface area contributed by atoms with Crippen LogP contribution in [0.25, 0.3) is 0 Å². The van der Waals surface area contributed by atoms with Crippen molar-refractivity contribution in [1.29, 1.82) is 0 Å². The molecule has 1 atom stereocenters. The molecule has 0 aromatic heterocycles. The van der Waals surface area contributed by atoms with Crippen LogP contribution in [0.1, 0.15) is 37.7 Å². The highest BCUT2D eigenvalue weighted by Gasteiger charge is 2.33. The number of hydrogen-bond donors (Lipinski definition) is 1. The lowest BCUT2D eigenvalue weighted by atomic mass is 9.93. The van der Waals surface area contributed by atoms with Crippen LogP contribution in [-0.4, -0.2) is 25.4 Å². The number of esters is 1. The third-order valence-electron chi connectivity index (χ3n) is 3.74. The second kappa shape index (κ2) is 7.79. The number of nitrogen functional groups attached to an aromatic ring is 1. The maximum absolute atomic E-state index is 12.4. The fourth-order valence-corrected chi connectivity index (χ4v) is 3.02. The Morgan fingerprint density at radius 3 is 2.62 bits per heavy atom. The summed E-state index contributed by atoms with van der Waals surface area (Å²) in [4.78, 5) is 12.3. The van der Waals surface area contributed by atoms with E-state index in [-0.39, 0.29) is 24.0 Å². The number of carbonyl (C=O) groups excluding carboxylic acids is 1. The zero-order valence-electron chi connectivity index (χ0n) is 13.2. The Balaban J connectivity index is 2.28. The smallest absolute Gasteiger partial charge is 0.422 e. The van der Waals surface area contributed by atoms with Crippen molar-refractivity contribution in [3.63, 3.8) is 0 Å². The molecule has 1 aliphatic carbocycles. The second-order valence-corrected chi connectivity index (χ2v) is 6.96. The summed E-state index contributed by atoms with van der Waals surface area (Å²) in [6.45, 7) is 0.545. The average molecular weight is 457 g/mol. The predicted octanol–water partition coefficient (Wildman–Crippen LogP) is 4.26. The summed E-state index contributed by atoms with van der Waals surface area (Å²) in [5.74, 6) is -0.486. The van der Waals surface area contributed by atoms with Gasteiger partial charge < -0.3 is 15.2 Å². The van der Waals surface area contributed by atoms with Gasteiger partial charge in [-0.25, -0.2) is 0 Å². The Labute approximate surface area is 152 Å². The molecule has 0 heterocycles. The van der Waals surface area contributed by atoms with Crippen LogP contribution in [0.4, 0.5) is 18.9 Å². The minimum absolute atomic E-state index is 0.0562. The van der Waals surface area contributed by atoms with Gasteiger partial charge in [-0.2, -0.15) is 13.2 Å². The Hall–Kier alpha value is -1.19. The summed E-state index contributed by atoms with van der Waals surface area (Å²) in [5, 5.41) is 0. The van der Waals surface area contributed by atoms with Crippen LogP contribution < -0.4 is 10.5 Å². The quantitative estimate of drug-likeness (QED) is 0.378. The molecule has 24 heavy (non-hydrogen) atoms. The SMILES string of the molecule is CCOC(=O)C(CC1CC1)c1cc(I)c(N)c(OCC(F)(F)F)c1. The number of anilines is 1. The molecule has 0 radical (unpaired) electrons. The van der Waals surface area contributed by atoms with Gasteiger partial charge >= 0.3 is 12.1 Å². The average Bonchev–Trinajstić information content (AvgIpc) is 3.29. The number of halogens is 4. The number of rotatable bonds is 7. The van der Waals surface area contributed by atoms with E-state index in [4.69, 9.17) is 15.2 Å². The van der Waals surface area contributed by atoms with E-state index in [2.05, 4.69) is 0 Å². The molecule has 0 bridgehead atoms. The van der Waals surface area contributed by atoms with Crippen LogP contribution >= 0.6 is 22.6 Å². The largest absolute Gasteiger partial charge is 0.482 e. The lowest BCUT2D eigenvalue weighted by molar-refractivity contribution is -0.153. The van der Waals surface area contributed by atoms with Gasteiger partial charge in [0.2, 0.25) is 0 Å². The summed E-state index contributed by atoms with van der Waals surface area (Å²) < 4.78 is 47.7. The van der Waals surface area contributed by atoms with Crippen LogP contribution in [0.15, 0.2) is 12.1 Å². The third kappa shape index (κ3) is 5.42. The van der Waals surface area contributed by atoms with Gasteiger partial charge in [0.05, 0.1) is 18.2 Å². The molecule has 1 aromatic rings. The Kier molecular flexibility index (Phi) is 6.22. The number of ether oxygens (including phenoxy) is 2. The lowest BCUT2D eigenvalue weighted by Gasteiger charge is -2.19. The first kappa shape index (κ1) is 19.1. The zero-order valence-corrected chi connectivity index (χ0v) is 15.3. The van der Waals surface area contributed by atoms with E-state index in [1.54, 1.807) is 13.0 Å². The first-order valence-electron chi connectivity index (χ1n) is 7.66.